The summed E-state index contributed by atoms with van der Waals surface area (Å²) in [5, 5.41) is 5.78. The maximum atomic E-state index is 12.5. The highest BCUT2D eigenvalue weighted by molar-refractivity contribution is 5.84. The minimum atomic E-state index is 0.0135. The van der Waals surface area contributed by atoms with Crippen LogP contribution in [0.4, 0.5) is 0 Å². The zero-order valence-corrected chi connectivity index (χ0v) is 17.4. The topological polar surface area (TPSA) is 66.2 Å². The maximum absolute atomic E-state index is 12.5. The van der Waals surface area contributed by atoms with Crippen LogP contribution in [-0.4, -0.2) is 34.3 Å². The van der Waals surface area contributed by atoms with Gasteiger partial charge in [0.25, 0.3) is 0 Å². The summed E-state index contributed by atoms with van der Waals surface area (Å²) in [6.07, 6.45) is 2.81. The number of ketones is 1. The lowest BCUT2D eigenvalue weighted by Gasteiger charge is -2.13. The molecule has 152 valence electrons. The fraction of sp³-hybridized carbons (Fsp3) is 0.435. The molecule has 0 aliphatic heterocycles. The molecule has 29 heavy (non-hydrogen) atoms. The van der Waals surface area contributed by atoms with Crippen molar-refractivity contribution in [2.75, 3.05) is 13.7 Å². The van der Waals surface area contributed by atoms with Crippen molar-refractivity contribution in [3.8, 4) is 11.6 Å². The highest BCUT2D eigenvalue weighted by Gasteiger charge is 2.30. The van der Waals surface area contributed by atoms with Crippen molar-refractivity contribution in [2.45, 2.75) is 44.9 Å². The molecular formula is C23H27N3O3. The van der Waals surface area contributed by atoms with Crippen LogP contribution in [-0.2, 0) is 11.8 Å². The number of aryl methyl sites for hydroxylation is 2. The van der Waals surface area contributed by atoms with Gasteiger partial charge in [0.05, 0.1) is 12.8 Å². The van der Waals surface area contributed by atoms with Crippen molar-refractivity contribution in [3.63, 3.8) is 0 Å². The number of benzene rings is 1. The molecule has 0 unspecified atom stereocenters. The Bertz CT molecular complexity index is 1050. The molecule has 6 nitrogen and oxygen atoms in total. The molecule has 1 saturated carbocycles. The van der Waals surface area contributed by atoms with Crippen molar-refractivity contribution in [2.24, 2.45) is 7.05 Å². The Kier molecular flexibility index (Phi) is 5.26. The number of Topliss-reactive ketones (excluding diaryl/α,β-unsaturated/α-hetero) is 1. The van der Waals surface area contributed by atoms with Gasteiger partial charge in [-0.15, -0.1) is 0 Å². The van der Waals surface area contributed by atoms with Crippen LogP contribution in [0.1, 0.15) is 54.8 Å². The van der Waals surface area contributed by atoms with Gasteiger partial charge in [-0.25, -0.2) is 0 Å². The van der Waals surface area contributed by atoms with Gasteiger partial charge < -0.3 is 9.47 Å². The monoisotopic (exact) mass is 393 g/mol. The number of nitrogens with zero attached hydrogens (tertiary/aromatic N) is 3. The zero-order chi connectivity index (χ0) is 20.5. The lowest BCUT2D eigenvalue weighted by molar-refractivity contribution is -0.121. The summed E-state index contributed by atoms with van der Waals surface area (Å²) < 4.78 is 12.8. The summed E-state index contributed by atoms with van der Waals surface area (Å²) in [5.74, 6) is 1.97. The predicted octanol–water partition coefficient (Wildman–Crippen LogP) is 4.30. The lowest BCUT2D eigenvalue weighted by Crippen LogP contribution is -2.14. The van der Waals surface area contributed by atoms with Gasteiger partial charge in [-0.2, -0.15) is 10.1 Å². The molecule has 2 aromatic heterocycles. The Morgan fingerprint density at radius 1 is 1.31 bits per heavy atom. The number of rotatable bonds is 8. The van der Waals surface area contributed by atoms with Crippen LogP contribution in [0.3, 0.4) is 0 Å². The molecule has 1 aliphatic carbocycles. The molecule has 6 heteroatoms. The Labute approximate surface area is 170 Å². The molecule has 0 bridgehead atoms. The Morgan fingerprint density at radius 2 is 2.10 bits per heavy atom. The van der Waals surface area contributed by atoms with E-state index in [0.717, 1.165) is 33.6 Å². The van der Waals surface area contributed by atoms with E-state index in [4.69, 9.17) is 9.47 Å². The maximum Gasteiger partial charge on any atom is 0.215 e. The number of pyridine rings is 1. The molecule has 0 amide bonds. The number of aromatic nitrogens is 3. The molecule has 0 N–H and O–H groups in total. The average Bonchev–Trinajstić information content (AvgIpc) is 3.50. The first-order valence-corrected chi connectivity index (χ1v) is 10.1. The fourth-order valence-corrected chi connectivity index (χ4v) is 3.77. The second-order valence-electron chi connectivity index (χ2n) is 7.97. The van der Waals surface area contributed by atoms with Crippen LogP contribution in [0.25, 0.3) is 11.0 Å². The summed E-state index contributed by atoms with van der Waals surface area (Å²) in [5.41, 5.74) is 4.13. The summed E-state index contributed by atoms with van der Waals surface area (Å²) >= 11 is 0. The van der Waals surface area contributed by atoms with Gasteiger partial charge >= 0.3 is 0 Å². The third-order valence-corrected chi connectivity index (χ3v) is 5.54. The molecule has 1 aliphatic rings. The van der Waals surface area contributed by atoms with Gasteiger partial charge in [-0.3, -0.25) is 9.48 Å². The van der Waals surface area contributed by atoms with Crippen LogP contribution in [0.2, 0.25) is 0 Å². The number of carbonyl (C=O) groups excluding carboxylic acids is 1. The molecule has 1 fully saturated rings. The Hall–Kier alpha value is -2.89. The summed E-state index contributed by atoms with van der Waals surface area (Å²) in [4.78, 5) is 17.1. The predicted molar refractivity (Wildman–Crippen MR) is 112 cm³/mol. The lowest BCUT2D eigenvalue weighted by atomic mass is 9.96. The zero-order valence-electron chi connectivity index (χ0n) is 17.4. The third kappa shape index (κ3) is 4.11. The minimum absolute atomic E-state index is 0.0135. The number of hydrogen-bond acceptors (Lipinski definition) is 5. The van der Waals surface area contributed by atoms with Crippen molar-refractivity contribution >= 4 is 16.8 Å². The summed E-state index contributed by atoms with van der Waals surface area (Å²) in [6, 6.07) is 9.74. The van der Waals surface area contributed by atoms with Crippen molar-refractivity contribution in [1.29, 1.82) is 0 Å². The Balaban J connectivity index is 1.42. The number of fused-ring (bicyclic) bond motifs is 1. The van der Waals surface area contributed by atoms with Gasteiger partial charge in [0.15, 0.2) is 11.4 Å². The van der Waals surface area contributed by atoms with Gasteiger partial charge in [-0.1, -0.05) is 19.1 Å². The van der Waals surface area contributed by atoms with Gasteiger partial charge in [0.1, 0.15) is 12.4 Å². The van der Waals surface area contributed by atoms with Crippen LogP contribution in [0.5, 0.6) is 11.6 Å². The number of methoxy groups -OCH3 is 1. The van der Waals surface area contributed by atoms with E-state index in [2.05, 4.69) is 17.0 Å². The summed E-state index contributed by atoms with van der Waals surface area (Å²) in [7, 11) is 3.55. The first-order valence-electron chi connectivity index (χ1n) is 10.1. The van der Waals surface area contributed by atoms with Gasteiger partial charge in [0.2, 0.25) is 5.88 Å². The smallest absolute Gasteiger partial charge is 0.215 e. The van der Waals surface area contributed by atoms with E-state index in [1.165, 1.54) is 12.8 Å². The molecule has 0 saturated heterocycles. The molecular weight excluding hydrogens is 366 g/mol. The molecule has 2 heterocycles. The van der Waals surface area contributed by atoms with Crippen molar-refractivity contribution < 1.29 is 14.3 Å². The van der Waals surface area contributed by atoms with E-state index in [1.807, 2.05) is 49.0 Å². The number of hydrogen-bond donors (Lipinski definition) is 0. The molecule has 0 spiro atoms. The van der Waals surface area contributed by atoms with Crippen LogP contribution in [0, 0.1) is 6.92 Å². The van der Waals surface area contributed by atoms with E-state index in [0.29, 0.717) is 18.2 Å². The number of carbonyl (C=O) groups is 1. The van der Waals surface area contributed by atoms with E-state index in [9.17, 15) is 4.79 Å². The normalized spacial score (nSPS) is 14.8. The van der Waals surface area contributed by atoms with Crippen LogP contribution < -0.4 is 9.47 Å². The first kappa shape index (κ1) is 19.4. The second kappa shape index (κ2) is 7.85. The SMILES string of the molecule is COc1cccc([C@H](C)CC(=O)COc2cc(C)c3c(C4CC4)nn(C)c3n2)c1. The molecule has 0 radical (unpaired) electrons. The van der Waals surface area contributed by atoms with E-state index in [-0.39, 0.29) is 18.3 Å². The quantitative estimate of drug-likeness (QED) is 0.571. The molecule has 3 aromatic rings. The largest absolute Gasteiger partial charge is 0.497 e. The highest BCUT2D eigenvalue weighted by atomic mass is 16.5. The minimum Gasteiger partial charge on any atom is -0.497 e. The Morgan fingerprint density at radius 3 is 2.83 bits per heavy atom. The van der Waals surface area contributed by atoms with Crippen molar-refractivity contribution in [1.82, 2.24) is 14.8 Å². The van der Waals surface area contributed by atoms with Crippen LogP contribution in [0.15, 0.2) is 30.3 Å². The molecule has 4 rings (SSSR count). The number of ether oxygens (including phenoxy) is 2. The van der Waals surface area contributed by atoms with Gasteiger partial charge in [-0.05, 0) is 48.9 Å². The summed E-state index contributed by atoms with van der Waals surface area (Å²) in [6.45, 7) is 4.10. The fourth-order valence-electron chi connectivity index (χ4n) is 3.77. The third-order valence-electron chi connectivity index (χ3n) is 5.54. The van der Waals surface area contributed by atoms with E-state index < -0.39 is 0 Å². The highest BCUT2D eigenvalue weighted by Crippen LogP contribution is 2.43. The van der Waals surface area contributed by atoms with E-state index >= 15 is 0 Å². The molecule has 1 atom stereocenters. The first-order chi connectivity index (χ1) is 14.0. The van der Waals surface area contributed by atoms with Gasteiger partial charge in [0, 0.05) is 30.8 Å². The van der Waals surface area contributed by atoms with Crippen LogP contribution >= 0.6 is 0 Å². The average molecular weight is 393 g/mol. The molecule has 1 aromatic carbocycles. The standard InChI is InChI=1S/C23H27N3O3/c1-14(17-6-5-7-19(12-17)28-4)10-18(27)13-29-20-11-15(2)21-22(16-8-9-16)25-26(3)23(21)24-20/h5-7,11-12,14,16H,8-10,13H2,1-4H3/t14-/m1/s1. The van der Waals surface area contributed by atoms with E-state index in [1.54, 1.807) is 7.11 Å². The second-order valence-corrected chi connectivity index (χ2v) is 7.97. The van der Waals surface area contributed by atoms with Crippen molar-refractivity contribution in [3.05, 3.63) is 47.2 Å².